The van der Waals surface area contributed by atoms with Gasteiger partial charge in [0.2, 0.25) is 0 Å². The fourth-order valence-corrected chi connectivity index (χ4v) is 2.70. The number of carbonyl (C=O) groups excluding carboxylic acids is 1. The molecular weight excluding hydrogens is 328 g/mol. The van der Waals surface area contributed by atoms with Gasteiger partial charge in [0.15, 0.2) is 5.78 Å². The first kappa shape index (κ1) is 21.8. The van der Waals surface area contributed by atoms with Crippen molar-refractivity contribution in [2.45, 2.75) is 51.6 Å². The first-order chi connectivity index (χ1) is 12.5. The standard InChI is InChI=1S/C22H30O4/c1-2-3-4-5-6-8-11-19(23)16-14-18-15-17-21(24)20(18)12-9-7-10-13-22(25)26/h3-4,6-9,14-20,23H,2,5,10-13H2,1H3,(H,25,26)/b4-3-,8-6-,9-7-,16-14+/t18-,19+,20+/m0/s1. The minimum Gasteiger partial charge on any atom is -0.481 e. The largest absolute Gasteiger partial charge is 0.481 e. The second-order valence-electron chi connectivity index (χ2n) is 6.36. The Balaban J connectivity index is 2.41. The van der Waals surface area contributed by atoms with E-state index >= 15 is 0 Å². The van der Waals surface area contributed by atoms with E-state index in [9.17, 15) is 14.7 Å². The molecular formula is C22H30O4. The average Bonchev–Trinajstić information content (AvgIpc) is 2.95. The molecule has 0 fully saturated rings. The van der Waals surface area contributed by atoms with E-state index in [1.807, 2.05) is 36.5 Å². The van der Waals surface area contributed by atoms with Crippen LogP contribution in [0.15, 0.2) is 60.8 Å². The van der Waals surface area contributed by atoms with Crippen LogP contribution in [0.4, 0.5) is 0 Å². The Labute approximate surface area is 156 Å². The molecule has 0 aromatic carbocycles. The number of aliphatic hydroxyl groups is 1. The second-order valence-corrected chi connectivity index (χ2v) is 6.36. The second kappa shape index (κ2) is 13.1. The van der Waals surface area contributed by atoms with Gasteiger partial charge in [-0.2, -0.15) is 0 Å². The molecule has 4 nitrogen and oxygen atoms in total. The van der Waals surface area contributed by atoms with Crippen LogP contribution in [-0.4, -0.2) is 28.1 Å². The van der Waals surface area contributed by atoms with Crippen molar-refractivity contribution < 1.29 is 19.8 Å². The monoisotopic (exact) mass is 358 g/mol. The summed E-state index contributed by atoms with van der Waals surface area (Å²) in [4.78, 5) is 22.4. The number of aliphatic hydroxyl groups excluding tert-OH is 1. The molecule has 0 aromatic heterocycles. The van der Waals surface area contributed by atoms with Gasteiger partial charge in [0.05, 0.1) is 6.10 Å². The van der Waals surface area contributed by atoms with Gasteiger partial charge in [0.25, 0.3) is 0 Å². The molecule has 0 aromatic rings. The van der Waals surface area contributed by atoms with Gasteiger partial charge in [-0.3, -0.25) is 9.59 Å². The van der Waals surface area contributed by atoms with Crippen LogP contribution >= 0.6 is 0 Å². The summed E-state index contributed by atoms with van der Waals surface area (Å²) < 4.78 is 0. The summed E-state index contributed by atoms with van der Waals surface area (Å²) >= 11 is 0. The zero-order valence-electron chi connectivity index (χ0n) is 15.5. The number of rotatable bonds is 12. The van der Waals surface area contributed by atoms with Crippen LogP contribution in [0.2, 0.25) is 0 Å². The summed E-state index contributed by atoms with van der Waals surface area (Å²) in [5.74, 6) is -0.912. The van der Waals surface area contributed by atoms with Crippen LogP contribution < -0.4 is 0 Å². The van der Waals surface area contributed by atoms with Gasteiger partial charge in [-0.15, -0.1) is 0 Å². The van der Waals surface area contributed by atoms with Crippen LogP contribution in [0, 0.1) is 11.8 Å². The predicted octanol–water partition coefficient (Wildman–Crippen LogP) is 4.39. The minimum absolute atomic E-state index is 0.0160. The topological polar surface area (TPSA) is 74.6 Å². The smallest absolute Gasteiger partial charge is 0.303 e. The Bertz CT molecular complexity index is 581. The highest BCUT2D eigenvalue weighted by Crippen LogP contribution is 2.27. The van der Waals surface area contributed by atoms with Crippen molar-refractivity contribution in [3.8, 4) is 0 Å². The van der Waals surface area contributed by atoms with Crippen LogP contribution in [0.1, 0.15) is 45.4 Å². The minimum atomic E-state index is -0.821. The van der Waals surface area contributed by atoms with Gasteiger partial charge in [0, 0.05) is 18.3 Å². The Morgan fingerprint density at radius 3 is 2.69 bits per heavy atom. The molecule has 0 saturated carbocycles. The van der Waals surface area contributed by atoms with E-state index in [1.54, 1.807) is 12.2 Å². The van der Waals surface area contributed by atoms with E-state index in [2.05, 4.69) is 19.1 Å². The number of hydrogen-bond donors (Lipinski definition) is 2. The molecule has 0 amide bonds. The number of carbonyl (C=O) groups is 2. The molecule has 0 spiro atoms. The van der Waals surface area contributed by atoms with Gasteiger partial charge in [-0.05, 0) is 38.2 Å². The van der Waals surface area contributed by atoms with Gasteiger partial charge < -0.3 is 10.2 Å². The summed E-state index contributed by atoms with van der Waals surface area (Å²) in [5, 5.41) is 18.6. The van der Waals surface area contributed by atoms with Crippen molar-refractivity contribution in [1.29, 1.82) is 0 Å². The van der Waals surface area contributed by atoms with Crippen LogP contribution in [-0.2, 0) is 9.59 Å². The van der Waals surface area contributed by atoms with Crippen molar-refractivity contribution >= 4 is 11.8 Å². The summed E-state index contributed by atoms with van der Waals surface area (Å²) in [6, 6.07) is 0. The molecule has 4 heteroatoms. The molecule has 2 N–H and O–H groups in total. The van der Waals surface area contributed by atoms with Gasteiger partial charge in [0.1, 0.15) is 0 Å². The molecule has 26 heavy (non-hydrogen) atoms. The summed E-state index contributed by atoms with van der Waals surface area (Å²) in [6.45, 7) is 2.09. The van der Waals surface area contributed by atoms with Crippen molar-refractivity contribution in [1.82, 2.24) is 0 Å². The zero-order valence-corrected chi connectivity index (χ0v) is 15.5. The maximum absolute atomic E-state index is 12.0. The highest BCUT2D eigenvalue weighted by Gasteiger charge is 2.27. The SMILES string of the molecule is CC/C=C\C/C=C\C[C@@H](O)/C=C/[C@H]1C=CC(=O)[C@@H]1C/C=C\CCC(=O)O. The van der Waals surface area contributed by atoms with Crippen LogP contribution in [0.3, 0.4) is 0 Å². The molecule has 0 unspecified atom stereocenters. The maximum atomic E-state index is 12.0. The van der Waals surface area contributed by atoms with E-state index in [4.69, 9.17) is 5.11 Å². The first-order valence-electron chi connectivity index (χ1n) is 9.29. The fourth-order valence-electron chi connectivity index (χ4n) is 2.70. The van der Waals surface area contributed by atoms with Crippen LogP contribution in [0.25, 0.3) is 0 Å². The highest BCUT2D eigenvalue weighted by molar-refractivity contribution is 5.95. The summed E-state index contributed by atoms with van der Waals surface area (Å²) in [6.07, 6.45) is 22.1. The van der Waals surface area contributed by atoms with Crippen molar-refractivity contribution in [2.75, 3.05) is 0 Å². The third kappa shape index (κ3) is 9.33. The Morgan fingerprint density at radius 1 is 1.19 bits per heavy atom. The quantitative estimate of drug-likeness (QED) is 0.507. The molecule has 0 aliphatic heterocycles. The third-order valence-corrected chi connectivity index (χ3v) is 4.17. The van der Waals surface area contributed by atoms with Crippen LogP contribution in [0.5, 0.6) is 0 Å². The van der Waals surface area contributed by atoms with E-state index in [0.717, 1.165) is 12.8 Å². The Kier molecular flexibility index (Phi) is 11.0. The van der Waals surface area contributed by atoms with E-state index < -0.39 is 12.1 Å². The number of carboxylic acids is 1. The van der Waals surface area contributed by atoms with E-state index in [-0.39, 0.29) is 24.0 Å². The van der Waals surface area contributed by atoms with Crippen molar-refractivity contribution in [3.63, 3.8) is 0 Å². The number of hydrogen-bond acceptors (Lipinski definition) is 3. The lowest BCUT2D eigenvalue weighted by molar-refractivity contribution is -0.136. The molecule has 1 rings (SSSR count). The lowest BCUT2D eigenvalue weighted by Gasteiger charge is -2.13. The molecule has 0 saturated heterocycles. The number of ketones is 1. The van der Waals surface area contributed by atoms with Gasteiger partial charge >= 0.3 is 5.97 Å². The molecule has 3 atom stereocenters. The van der Waals surface area contributed by atoms with Gasteiger partial charge in [-0.1, -0.05) is 61.6 Å². The molecule has 0 heterocycles. The number of aliphatic carboxylic acids is 1. The fraction of sp³-hybridized carbons (Fsp3) is 0.455. The van der Waals surface area contributed by atoms with E-state index in [0.29, 0.717) is 19.3 Å². The summed E-state index contributed by atoms with van der Waals surface area (Å²) in [5.41, 5.74) is 0. The predicted molar refractivity (Wildman–Crippen MR) is 105 cm³/mol. The van der Waals surface area contributed by atoms with E-state index in [1.165, 1.54) is 0 Å². The lowest BCUT2D eigenvalue weighted by atomic mass is 9.90. The molecule has 0 radical (unpaired) electrons. The molecule has 1 aliphatic carbocycles. The Hall–Kier alpha value is -2.20. The summed E-state index contributed by atoms with van der Waals surface area (Å²) in [7, 11) is 0. The Morgan fingerprint density at radius 2 is 1.96 bits per heavy atom. The third-order valence-electron chi connectivity index (χ3n) is 4.17. The number of allylic oxidation sites excluding steroid dienone is 8. The van der Waals surface area contributed by atoms with Gasteiger partial charge in [-0.25, -0.2) is 0 Å². The molecule has 142 valence electrons. The molecule has 1 aliphatic rings. The van der Waals surface area contributed by atoms with Crippen molar-refractivity contribution in [3.05, 3.63) is 60.8 Å². The normalized spacial score (nSPS) is 21.8. The maximum Gasteiger partial charge on any atom is 0.303 e. The number of carboxylic acid groups (broad SMARTS) is 1. The highest BCUT2D eigenvalue weighted by atomic mass is 16.4. The average molecular weight is 358 g/mol. The molecule has 0 bridgehead atoms. The zero-order chi connectivity index (χ0) is 19.2. The van der Waals surface area contributed by atoms with Crippen molar-refractivity contribution in [2.24, 2.45) is 11.8 Å². The first-order valence-corrected chi connectivity index (χ1v) is 9.29. The lowest BCUT2D eigenvalue weighted by Crippen LogP contribution is -2.14.